The van der Waals surface area contributed by atoms with Gasteiger partial charge >= 0.3 is 5.97 Å². The number of esters is 1. The fraction of sp³-hybridized carbons (Fsp3) is 0.474. The van der Waals surface area contributed by atoms with Gasteiger partial charge in [0.05, 0.1) is 18.1 Å². The maximum Gasteiger partial charge on any atom is 0.306 e. The highest BCUT2D eigenvalue weighted by molar-refractivity contribution is 5.70. The van der Waals surface area contributed by atoms with Crippen LogP contribution in [0, 0.1) is 52.9 Å². The smallest absolute Gasteiger partial charge is 0.306 e. The highest BCUT2D eigenvalue weighted by Gasteiger charge is 2.29. The van der Waals surface area contributed by atoms with E-state index in [2.05, 4.69) is 0 Å². The highest BCUT2D eigenvalue weighted by atomic mass is 19.2. The van der Waals surface area contributed by atoms with Crippen LogP contribution in [0.25, 0.3) is 0 Å². The lowest BCUT2D eigenvalue weighted by Gasteiger charge is -2.29. The van der Waals surface area contributed by atoms with Crippen LogP contribution in [0.2, 0.25) is 0 Å². The zero-order valence-electron chi connectivity index (χ0n) is 15.3. The van der Waals surface area contributed by atoms with Crippen molar-refractivity contribution in [3.8, 4) is 6.07 Å². The average molecular weight is 371 g/mol. The maximum absolute atomic E-state index is 13.8. The van der Waals surface area contributed by atoms with Crippen molar-refractivity contribution in [3.05, 3.63) is 46.0 Å². The summed E-state index contributed by atoms with van der Waals surface area (Å²) in [7, 11) is 0. The number of ether oxygens (including phenoxy) is 1. The van der Waals surface area contributed by atoms with Crippen LogP contribution in [0.5, 0.6) is 0 Å². The number of nitrogens with zero attached hydrogens (tertiary/aromatic N) is 1. The topological polar surface area (TPSA) is 50.1 Å². The van der Waals surface area contributed by atoms with E-state index in [1.807, 2.05) is 13.0 Å². The number of hydrogen-bond acceptors (Lipinski definition) is 3. The summed E-state index contributed by atoms with van der Waals surface area (Å²) in [4.78, 5) is 12.0. The molecule has 7 heteroatoms. The van der Waals surface area contributed by atoms with Gasteiger partial charge in [0.15, 0.2) is 23.3 Å². The number of nitriles is 1. The number of allylic oxidation sites excluding steroid dienone is 2. The fourth-order valence-electron chi connectivity index (χ4n) is 2.29. The Morgan fingerprint density at radius 1 is 1.19 bits per heavy atom. The van der Waals surface area contributed by atoms with Crippen LogP contribution in [0.1, 0.15) is 45.2 Å². The molecule has 0 aliphatic heterocycles. The lowest BCUT2D eigenvalue weighted by atomic mass is 9.76. The third kappa shape index (κ3) is 4.84. The molecule has 0 radical (unpaired) electrons. The molecule has 0 N–H and O–H groups in total. The van der Waals surface area contributed by atoms with Crippen molar-refractivity contribution in [2.75, 3.05) is 0 Å². The van der Waals surface area contributed by atoms with Crippen LogP contribution in [0.4, 0.5) is 17.6 Å². The molecule has 3 nitrogen and oxygen atoms in total. The lowest BCUT2D eigenvalue weighted by Crippen LogP contribution is -2.25. The first-order valence-electron chi connectivity index (χ1n) is 7.98. The van der Waals surface area contributed by atoms with Crippen molar-refractivity contribution in [1.29, 1.82) is 5.26 Å². The Bertz CT molecular complexity index is 750. The highest BCUT2D eigenvalue weighted by Crippen LogP contribution is 2.33. The SMILES string of the molecule is C/C(C#N)=C/C(C)C(C)(C)CC(=O)OCc1c(F)c(F)c(C)c(F)c1F. The van der Waals surface area contributed by atoms with E-state index in [1.54, 1.807) is 26.8 Å². The van der Waals surface area contributed by atoms with Crippen LogP contribution in [0.3, 0.4) is 0 Å². The van der Waals surface area contributed by atoms with Gasteiger partial charge in [-0.05, 0) is 25.2 Å². The molecule has 1 aromatic rings. The monoisotopic (exact) mass is 371 g/mol. The number of hydrogen-bond donors (Lipinski definition) is 0. The fourth-order valence-corrected chi connectivity index (χ4v) is 2.29. The molecule has 0 bridgehead atoms. The maximum atomic E-state index is 13.8. The van der Waals surface area contributed by atoms with Crippen molar-refractivity contribution < 1.29 is 27.1 Å². The van der Waals surface area contributed by atoms with Crippen molar-refractivity contribution in [3.63, 3.8) is 0 Å². The summed E-state index contributed by atoms with van der Waals surface area (Å²) in [5, 5.41) is 8.82. The van der Waals surface area contributed by atoms with E-state index in [0.29, 0.717) is 5.57 Å². The Labute approximate surface area is 150 Å². The van der Waals surface area contributed by atoms with Gasteiger partial charge in [0.2, 0.25) is 0 Å². The van der Waals surface area contributed by atoms with Crippen molar-refractivity contribution in [2.45, 2.75) is 47.6 Å². The van der Waals surface area contributed by atoms with Gasteiger partial charge in [0.1, 0.15) is 6.61 Å². The summed E-state index contributed by atoms with van der Waals surface area (Å²) in [6.45, 7) is 6.99. The summed E-state index contributed by atoms with van der Waals surface area (Å²) in [5.74, 6) is -7.10. The molecule has 0 saturated heterocycles. The predicted molar refractivity (Wildman–Crippen MR) is 87.7 cm³/mol. The Morgan fingerprint density at radius 3 is 2.15 bits per heavy atom. The molecule has 0 amide bonds. The van der Waals surface area contributed by atoms with Gasteiger partial charge in [-0.15, -0.1) is 0 Å². The van der Waals surface area contributed by atoms with Crippen LogP contribution >= 0.6 is 0 Å². The van der Waals surface area contributed by atoms with E-state index in [4.69, 9.17) is 10.00 Å². The summed E-state index contributed by atoms with van der Waals surface area (Å²) < 4.78 is 59.5. The van der Waals surface area contributed by atoms with Gasteiger partial charge in [-0.25, -0.2) is 17.6 Å². The Morgan fingerprint density at radius 2 is 1.69 bits per heavy atom. The largest absolute Gasteiger partial charge is 0.461 e. The zero-order valence-corrected chi connectivity index (χ0v) is 15.3. The lowest BCUT2D eigenvalue weighted by molar-refractivity contribution is -0.148. The van der Waals surface area contributed by atoms with Crippen molar-refractivity contribution in [2.24, 2.45) is 11.3 Å². The van der Waals surface area contributed by atoms with Crippen LogP contribution in [-0.2, 0) is 16.1 Å². The third-order valence-corrected chi connectivity index (χ3v) is 4.46. The summed E-state index contributed by atoms with van der Waals surface area (Å²) in [6, 6.07) is 1.99. The minimum absolute atomic E-state index is 0.108. The zero-order chi connectivity index (χ0) is 20.2. The molecule has 0 spiro atoms. The van der Waals surface area contributed by atoms with Gasteiger partial charge in [-0.1, -0.05) is 26.8 Å². The molecule has 1 unspecified atom stereocenters. The van der Waals surface area contributed by atoms with Gasteiger partial charge in [0.25, 0.3) is 0 Å². The minimum Gasteiger partial charge on any atom is -0.461 e. The molecule has 0 heterocycles. The molecule has 142 valence electrons. The van der Waals surface area contributed by atoms with E-state index in [0.717, 1.165) is 6.92 Å². The minimum atomic E-state index is -1.57. The van der Waals surface area contributed by atoms with Crippen LogP contribution in [0.15, 0.2) is 11.6 Å². The van der Waals surface area contributed by atoms with Crippen LogP contribution in [-0.4, -0.2) is 5.97 Å². The second-order valence-electron chi connectivity index (χ2n) is 6.94. The molecule has 0 aliphatic rings. The molecule has 1 aromatic carbocycles. The number of halogens is 4. The summed E-state index contributed by atoms with van der Waals surface area (Å²) in [6.07, 6.45) is 1.60. The number of benzene rings is 1. The first kappa shape index (κ1) is 21.7. The molecule has 1 atom stereocenters. The average Bonchev–Trinajstić information content (AvgIpc) is 2.57. The van der Waals surface area contributed by atoms with E-state index in [-0.39, 0.29) is 12.3 Å². The number of rotatable bonds is 6. The molecular formula is C19H21F4NO2. The first-order valence-corrected chi connectivity index (χ1v) is 7.98. The quantitative estimate of drug-likeness (QED) is 0.302. The van der Waals surface area contributed by atoms with Crippen molar-refractivity contribution >= 4 is 5.97 Å². The molecule has 0 fully saturated rings. The Kier molecular flexibility index (Phi) is 6.96. The Hall–Kier alpha value is -2.36. The number of carbonyl (C=O) groups is 1. The summed E-state index contributed by atoms with van der Waals surface area (Å²) >= 11 is 0. The molecule has 0 saturated carbocycles. The predicted octanol–water partition coefficient (Wildman–Crippen LogP) is 5.12. The van der Waals surface area contributed by atoms with E-state index in [9.17, 15) is 22.4 Å². The van der Waals surface area contributed by atoms with Crippen molar-refractivity contribution in [1.82, 2.24) is 0 Å². The van der Waals surface area contributed by atoms with Gasteiger partial charge < -0.3 is 4.74 Å². The van der Waals surface area contributed by atoms with E-state index < -0.39 is 52.4 Å². The van der Waals surface area contributed by atoms with Gasteiger partial charge in [-0.3, -0.25) is 4.79 Å². The molecular weight excluding hydrogens is 350 g/mol. The van der Waals surface area contributed by atoms with E-state index in [1.165, 1.54) is 0 Å². The van der Waals surface area contributed by atoms with Gasteiger partial charge in [-0.2, -0.15) is 5.26 Å². The molecule has 0 aromatic heterocycles. The third-order valence-electron chi connectivity index (χ3n) is 4.46. The second-order valence-corrected chi connectivity index (χ2v) is 6.94. The normalized spacial score (nSPS) is 13.3. The van der Waals surface area contributed by atoms with Gasteiger partial charge in [0, 0.05) is 11.1 Å². The standard InChI is InChI=1S/C19H21F4NO2/c1-10(8-24)6-11(2)19(4,5)7-14(25)26-9-13-17(22)15(20)12(3)16(21)18(13)23/h6,11H,7,9H2,1-5H3/b10-6-. The second kappa shape index (κ2) is 8.35. The summed E-state index contributed by atoms with van der Waals surface area (Å²) in [5.41, 5.74) is -1.85. The first-order chi connectivity index (χ1) is 11.9. The molecule has 26 heavy (non-hydrogen) atoms. The number of carbonyl (C=O) groups excluding carboxylic acids is 1. The molecule has 0 aliphatic carbocycles. The van der Waals surface area contributed by atoms with E-state index >= 15 is 0 Å². The Balaban J connectivity index is 2.87. The molecule has 1 rings (SSSR count). The van der Waals surface area contributed by atoms with Crippen LogP contribution < -0.4 is 0 Å².